The van der Waals surface area contributed by atoms with E-state index in [-0.39, 0.29) is 22.2 Å². The second-order valence-corrected chi connectivity index (χ2v) is 10.2. The molecule has 2 aliphatic heterocycles. The lowest BCUT2D eigenvalue weighted by atomic mass is 10.0. The van der Waals surface area contributed by atoms with Crippen LogP contribution in [0.5, 0.6) is 0 Å². The van der Waals surface area contributed by atoms with Gasteiger partial charge in [-0.1, -0.05) is 28.3 Å². The van der Waals surface area contributed by atoms with Crippen molar-refractivity contribution in [3.8, 4) is 0 Å². The molecule has 1 unspecified atom stereocenters. The van der Waals surface area contributed by atoms with Crippen LogP contribution in [-0.4, -0.2) is 76.8 Å². The summed E-state index contributed by atoms with van der Waals surface area (Å²) in [6, 6.07) is -0.961. The van der Waals surface area contributed by atoms with Crippen LogP contribution in [0.1, 0.15) is 5.69 Å². The predicted octanol–water partition coefficient (Wildman–Crippen LogP) is 0.286. The zero-order valence-electron chi connectivity index (χ0n) is 15.3. The van der Waals surface area contributed by atoms with Crippen LogP contribution in [0.25, 0.3) is 0 Å². The van der Waals surface area contributed by atoms with Gasteiger partial charge in [-0.3, -0.25) is 14.5 Å². The maximum absolute atomic E-state index is 12.7. The van der Waals surface area contributed by atoms with Gasteiger partial charge < -0.3 is 21.4 Å². The van der Waals surface area contributed by atoms with Crippen LogP contribution in [-0.2, 0) is 14.4 Å². The van der Waals surface area contributed by atoms with Crippen molar-refractivity contribution in [1.29, 1.82) is 0 Å². The second kappa shape index (κ2) is 8.81. The molecule has 1 fully saturated rings. The number of carboxylic acid groups (broad SMARTS) is 1. The first kappa shape index (κ1) is 21.5. The van der Waals surface area contributed by atoms with Gasteiger partial charge in [0.25, 0.3) is 11.8 Å². The number of nitrogen functional groups attached to an aromatic ring is 1. The van der Waals surface area contributed by atoms with Crippen LogP contribution < -0.4 is 11.1 Å². The van der Waals surface area contributed by atoms with Gasteiger partial charge in [-0.15, -0.1) is 33.3 Å². The first-order chi connectivity index (χ1) is 14.9. The molecule has 31 heavy (non-hydrogen) atoms. The number of anilines is 1. The largest absolute Gasteiger partial charge is 0.477 e. The van der Waals surface area contributed by atoms with E-state index >= 15 is 0 Å². The van der Waals surface area contributed by atoms with Crippen LogP contribution in [0.4, 0.5) is 5.13 Å². The van der Waals surface area contributed by atoms with Gasteiger partial charge in [0.15, 0.2) is 15.2 Å². The molecule has 2 amide bonds. The average Bonchev–Trinajstić information content (AvgIpc) is 3.42. The first-order valence-electron chi connectivity index (χ1n) is 8.44. The Hall–Kier alpha value is -2.69. The fraction of sp³-hybridized carbons (Fsp3) is 0.267. The fourth-order valence-electron chi connectivity index (χ4n) is 2.99. The van der Waals surface area contributed by atoms with Crippen molar-refractivity contribution in [3.05, 3.63) is 27.9 Å². The van der Waals surface area contributed by atoms with E-state index in [1.165, 1.54) is 45.1 Å². The summed E-state index contributed by atoms with van der Waals surface area (Å²) < 4.78 is 0.697. The molecule has 162 valence electrons. The number of β-lactam (4-membered cyclic amide) rings is 1. The van der Waals surface area contributed by atoms with Gasteiger partial charge >= 0.3 is 5.97 Å². The Labute approximate surface area is 190 Å². The van der Waals surface area contributed by atoms with E-state index in [2.05, 4.69) is 25.7 Å². The monoisotopic (exact) mass is 499 g/mol. The lowest BCUT2D eigenvalue weighted by molar-refractivity contribution is -0.150. The van der Waals surface area contributed by atoms with Crippen LogP contribution >= 0.6 is 46.2 Å². The Bertz CT molecular complexity index is 1100. The summed E-state index contributed by atoms with van der Waals surface area (Å²) in [5.41, 5.74) is 7.31. The number of fused-ring (bicyclic) bond motifs is 1. The highest BCUT2D eigenvalue weighted by Crippen LogP contribution is 2.41. The number of nitrogens with zero attached hydrogens (tertiary/aromatic N) is 5. The minimum absolute atomic E-state index is 0.0736. The molecular weight excluding hydrogens is 486 g/mol. The zero-order valence-corrected chi connectivity index (χ0v) is 18.6. The molecule has 4 heterocycles. The molecule has 0 radical (unpaired) electrons. The lowest BCUT2D eigenvalue weighted by Gasteiger charge is -2.49. The highest BCUT2D eigenvalue weighted by Gasteiger charge is 2.54. The van der Waals surface area contributed by atoms with E-state index in [1.54, 1.807) is 5.51 Å². The molecule has 4 rings (SSSR count). The summed E-state index contributed by atoms with van der Waals surface area (Å²) in [6.07, 6.45) is 0. The zero-order chi connectivity index (χ0) is 22.1. The molecule has 2 atom stereocenters. The minimum Gasteiger partial charge on any atom is -0.477 e. The summed E-state index contributed by atoms with van der Waals surface area (Å²) in [7, 11) is 0. The van der Waals surface area contributed by atoms with Crippen LogP contribution in [0.15, 0.2) is 31.7 Å². The van der Waals surface area contributed by atoms with Crippen molar-refractivity contribution >= 4 is 74.8 Å². The molecule has 1 saturated heterocycles. The van der Waals surface area contributed by atoms with E-state index in [0.29, 0.717) is 21.4 Å². The number of thiazole rings is 1. The summed E-state index contributed by atoms with van der Waals surface area (Å²) in [5, 5.41) is 33.1. The maximum Gasteiger partial charge on any atom is 0.352 e. The molecule has 12 nitrogen and oxygen atoms in total. The van der Waals surface area contributed by atoms with Crippen molar-refractivity contribution in [2.75, 3.05) is 17.2 Å². The molecule has 0 spiro atoms. The number of nitrogens with one attached hydrogen (secondary N) is 1. The lowest BCUT2D eigenvalue weighted by Crippen LogP contribution is -2.71. The quantitative estimate of drug-likeness (QED) is 0.135. The first-order valence-corrected chi connectivity index (χ1v) is 12.2. The summed E-state index contributed by atoms with van der Waals surface area (Å²) in [4.78, 5) is 42.2. The second-order valence-electron chi connectivity index (χ2n) is 6.13. The summed E-state index contributed by atoms with van der Waals surface area (Å²) in [6.45, 7) is 0. The highest BCUT2D eigenvalue weighted by molar-refractivity contribution is 8.01. The van der Waals surface area contributed by atoms with Gasteiger partial charge in [0, 0.05) is 16.9 Å². The Kier molecular flexibility index (Phi) is 6.12. The number of aliphatic carboxylic acids is 1. The molecule has 2 aromatic heterocycles. The van der Waals surface area contributed by atoms with Gasteiger partial charge in [0.2, 0.25) is 0 Å². The molecular formula is C15H13N7O5S4. The molecule has 0 aliphatic carbocycles. The van der Waals surface area contributed by atoms with Gasteiger partial charge in [0.05, 0.1) is 0 Å². The smallest absolute Gasteiger partial charge is 0.352 e. The Morgan fingerprint density at radius 1 is 1.42 bits per heavy atom. The fourth-order valence-corrected chi connectivity index (χ4v) is 6.51. The topological polar surface area (TPSA) is 184 Å². The van der Waals surface area contributed by atoms with E-state index in [1.807, 2.05) is 0 Å². The average molecular weight is 500 g/mol. The minimum atomic E-state index is -1.22. The van der Waals surface area contributed by atoms with Crippen LogP contribution in [0.3, 0.4) is 0 Å². The van der Waals surface area contributed by atoms with E-state index < -0.39 is 29.2 Å². The van der Waals surface area contributed by atoms with Crippen LogP contribution in [0, 0.1) is 0 Å². The number of aromatic nitrogens is 3. The number of amides is 2. The Morgan fingerprint density at radius 2 is 2.23 bits per heavy atom. The maximum atomic E-state index is 12.7. The molecule has 5 N–H and O–H groups in total. The van der Waals surface area contributed by atoms with Crippen molar-refractivity contribution in [2.24, 2.45) is 5.16 Å². The van der Waals surface area contributed by atoms with Crippen LogP contribution in [0.2, 0.25) is 0 Å². The number of carboxylic acids is 1. The van der Waals surface area contributed by atoms with E-state index in [0.717, 1.165) is 11.3 Å². The standard InChI is InChI=1S/C15H13N7O5S4/c16-14-18-6(3-29-14)7(21-27)10(23)19-8-11(24)22-9(13(25)26)5(1-28-12(8)22)2-30-15-20-17-4-31-15/h3-4,8,12,27H,1-2H2,(H2,16,18)(H,19,23)(H,25,26)/t8?,12-/m1/s1. The summed E-state index contributed by atoms with van der Waals surface area (Å²) >= 11 is 5.09. The number of oxime groups is 1. The number of thioether (sulfide) groups is 2. The van der Waals surface area contributed by atoms with Crippen molar-refractivity contribution in [1.82, 2.24) is 25.4 Å². The van der Waals surface area contributed by atoms with Gasteiger partial charge in [0.1, 0.15) is 28.3 Å². The molecule has 2 aromatic rings. The number of hydrogen-bond donors (Lipinski definition) is 4. The molecule has 0 saturated carbocycles. The normalized spacial score (nSPS) is 21.0. The molecule has 0 aromatic carbocycles. The highest BCUT2D eigenvalue weighted by atomic mass is 32.2. The van der Waals surface area contributed by atoms with Gasteiger partial charge in [-0.05, 0) is 5.57 Å². The Balaban J connectivity index is 1.48. The third kappa shape index (κ3) is 4.10. The molecule has 2 aliphatic rings. The summed E-state index contributed by atoms with van der Waals surface area (Å²) in [5.74, 6) is -1.87. The van der Waals surface area contributed by atoms with E-state index in [4.69, 9.17) is 5.73 Å². The third-order valence-corrected chi connectivity index (χ3v) is 8.29. The number of carbonyl (C=O) groups is 3. The third-order valence-electron chi connectivity index (χ3n) is 4.33. The van der Waals surface area contributed by atoms with E-state index in [9.17, 15) is 24.7 Å². The number of hydrogen-bond acceptors (Lipinski definition) is 13. The van der Waals surface area contributed by atoms with Crippen molar-refractivity contribution < 1.29 is 24.7 Å². The molecule has 16 heteroatoms. The van der Waals surface area contributed by atoms with Gasteiger partial charge in [-0.25, -0.2) is 9.78 Å². The molecule has 0 bridgehead atoms. The van der Waals surface area contributed by atoms with Gasteiger partial charge in [-0.2, -0.15) is 0 Å². The number of nitrogens with two attached hydrogens (primary N) is 1. The number of carbonyl (C=O) groups excluding carboxylic acids is 2. The SMILES string of the molecule is Nc1nc(C(=NO)C(=O)NC2C(=O)N3C(C(=O)O)=C(CSc4nncs4)CS[C@H]23)cs1. The predicted molar refractivity (Wildman–Crippen MR) is 115 cm³/mol. The van der Waals surface area contributed by atoms with Crippen molar-refractivity contribution in [3.63, 3.8) is 0 Å². The number of rotatable bonds is 7. The van der Waals surface area contributed by atoms with Crippen molar-refractivity contribution in [2.45, 2.75) is 15.8 Å². The Morgan fingerprint density at radius 3 is 2.84 bits per heavy atom.